The summed E-state index contributed by atoms with van der Waals surface area (Å²) >= 11 is 0. The Morgan fingerprint density at radius 1 is 1.11 bits per heavy atom. The number of Topliss-reactive ketones (excluding diaryl/α,β-unsaturated/α-hetero) is 1. The van der Waals surface area contributed by atoms with Gasteiger partial charge in [-0.25, -0.2) is 4.39 Å². The molecule has 0 aromatic heterocycles. The second kappa shape index (κ2) is 6.25. The largest absolute Gasteiger partial charge is 0.376 e. The molecule has 0 N–H and O–H groups in total. The van der Waals surface area contributed by atoms with Crippen molar-refractivity contribution in [1.29, 1.82) is 0 Å². The first kappa shape index (κ1) is 13.4. The molecule has 0 unspecified atom stereocenters. The topological polar surface area (TPSA) is 26.3 Å². The second-order valence-electron chi connectivity index (χ2n) is 4.24. The Balaban J connectivity index is 2.17. The van der Waals surface area contributed by atoms with Gasteiger partial charge < -0.3 is 4.74 Å². The molecule has 0 aliphatic rings. The molecule has 0 bridgehead atoms. The number of hydrogen-bond acceptors (Lipinski definition) is 2. The summed E-state index contributed by atoms with van der Waals surface area (Å²) in [5.41, 5.74) is 1.02. The van der Waals surface area contributed by atoms with E-state index in [2.05, 4.69) is 0 Å². The lowest BCUT2D eigenvalue weighted by Gasteiger charge is -2.15. The van der Waals surface area contributed by atoms with Gasteiger partial charge in [-0.2, -0.15) is 0 Å². The summed E-state index contributed by atoms with van der Waals surface area (Å²) < 4.78 is 18.9. The fraction of sp³-hybridized carbons (Fsp3) is 0.188. The molecule has 0 heterocycles. The molecule has 1 atom stereocenters. The van der Waals surface area contributed by atoms with Crippen LogP contribution in [0.1, 0.15) is 28.4 Å². The third-order valence-corrected chi connectivity index (χ3v) is 3.00. The molecule has 19 heavy (non-hydrogen) atoms. The van der Waals surface area contributed by atoms with Gasteiger partial charge in [-0.15, -0.1) is 0 Å². The number of halogens is 1. The number of carbonyl (C=O) groups is 1. The monoisotopic (exact) mass is 258 g/mol. The lowest BCUT2D eigenvalue weighted by Crippen LogP contribution is -2.10. The van der Waals surface area contributed by atoms with E-state index in [1.54, 1.807) is 42.5 Å². The number of rotatable bonds is 5. The Hall–Kier alpha value is -2.00. The summed E-state index contributed by atoms with van der Waals surface area (Å²) in [6.45, 7) is 0. The summed E-state index contributed by atoms with van der Waals surface area (Å²) in [4.78, 5) is 12.1. The zero-order valence-electron chi connectivity index (χ0n) is 10.7. The minimum absolute atomic E-state index is 0.0595. The molecule has 0 radical (unpaired) electrons. The van der Waals surface area contributed by atoms with Gasteiger partial charge in [-0.1, -0.05) is 48.5 Å². The van der Waals surface area contributed by atoms with Crippen LogP contribution in [-0.2, 0) is 4.74 Å². The highest BCUT2D eigenvalue weighted by Crippen LogP contribution is 2.24. The molecule has 98 valence electrons. The second-order valence-corrected chi connectivity index (χ2v) is 4.24. The fourth-order valence-electron chi connectivity index (χ4n) is 1.97. The van der Waals surface area contributed by atoms with Crippen molar-refractivity contribution < 1.29 is 13.9 Å². The average Bonchev–Trinajstić information content (AvgIpc) is 2.46. The maximum Gasteiger partial charge on any atom is 0.165 e. The van der Waals surface area contributed by atoms with Gasteiger partial charge in [-0.05, 0) is 6.07 Å². The first-order chi connectivity index (χ1) is 9.22. The Bertz CT molecular complexity index is 552. The number of hydrogen-bond donors (Lipinski definition) is 0. The van der Waals surface area contributed by atoms with Crippen molar-refractivity contribution in [3.63, 3.8) is 0 Å². The van der Waals surface area contributed by atoms with E-state index in [4.69, 9.17) is 4.74 Å². The van der Waals surface area contributed by atoms with E-state index in [1.807, 2.05) is 6.07 Å². The standard InChI is InChI=1S/C16H15FO2/c1-19-16(13-9-5-6-10-14(13)17)11-15(18)12-7-3-2-4-8-12/h2-10,16H,11H2,1H3/t16-/m0/s1. The van der Waals surface area contributed by atoms with E-state index in [0.717, 1.165) is 0 Å². The molecule has 0 saturated carbocycles. The van der Waals surface area contributed by atoms with Crippen LogP contribution >= 0.6 is 0 Å². The van der Waals surface area contributed by atoms with E-state index in [9.17, 15) is 9.18 Å². The number of ketones is 1. The molecule has 2 aromatic rings. The number of carbonyl (C=O) groups excluding carboxylic acids is 1. The molecule has 0 saturated heterocycles. The molecule has 3 heteroatoms. The number of ether oxygens (including phenoxy) is 1. The molecule has 0 aliphatic carbocycles. The molecule has 2 nitrogen and oxygen atoms in total. The van der Waals surface area contributed by atoms with Gasteiger partial charge in [0.25, 0.3) is 0 Å². The quantitative estimate of drug-likeness (QED) is 0.763. The summed E-state index contributed by atoms with van der Waals surface area (Å²) in [5.74, 6) is -0.411. The third-order valence-electron chi connectivity index (χ3n) is 3.00. The first-order valence-electron chi connectivity index (χ1n) is 6.08. The molecular formula is C16H15FO2. The highest BCUT2D eigenvalue weighted by Gasteiger charge is 2.19. The summed E-state index contributed by atoms with van der Waals surface area (Å²) in [7, 11) is 1.48. The Morgan fingerprint density at radius 2 is 1.74 bits per heavy atom. The highest BCUT2D eigenvalue weighted by atomic mass is 19.1. The van der Waals surface area contributed by atoms with Gasteiger partial charge >= 0.3 is 0 Å². The van der Waals surface area contributed by atoms with Gasteiger partial charge in [0, 0.05) is 24.7 Å². The van der Waals surface area contributed by atoms with Gasteiger partial charge in [-0.3, -0.25) is 4.79 Å². The van der Waals surface area contributed by atoms with Crippen LogP contribution in [0.5, 0.6) is 0 Å². The van der Waals surface area contributed by atoms with E-state index in [-0.39, 0.29) is 18.0 Å². The van der Waals surface area contributed by atoms with Crippen molar-refractivity contribution in [3.8, 4) is 0 Å². The smallest absolute Gasteiger partial charge is 0.165 e. The van der Waals surface area contributed by atoms with Crippen LogP contribution < -0.4 is 0 Å². The van der Waals surface area contributed by atoms with Gasteiger partial charge in [0.1, 0.15) is 5.82 Å². The minimum atomic E-state index is -0.561. The van der Waals surface area contributed by atoms with E-state index in [1.165, 1.54) is 13.2 Å². The van der Waals surface area contributed by atoms with Crippen LogP contribution in [0.25, 0.3) is 0 Å². The zero-order valence-corrected chi connectivity index (χ0v) is 10.7. The summed E-state index contributed by atoms with van der Waals surface area (Å²) in [6.07, 6.45) is -0.435. The van der Waals surface area contributed by atoms with Crippen molar-refractivity contribution in [1.82, 2.24) is 0 Å². The third kappa shape index (κ3) is 3.26. The predicted molar refractivity (Wildman–Crippen MR) is 71.5 cm³/mol. The normalized spacial score (nSPS) is 12.1. The first-order valence-corrected chi connectivity index (χ1v) is 6.08. The van der Waals surface area contributed by atoms with Crippen LogP contribution in [0.15, 0.2) is 54.6 Å². The maximum atomic E-state index is 13.7. The van der Waals surface area contributed by atoms with Crippen LogP contribution in [-0.4, -0.2) is 12.9 Å². The van der Waals surface area contributed by atoms with E-state index < -0.39 is 6.10 Å². The maximum absolute atomic E-state index is 13.7. The van der Waals surface area contributed by atoms with Crippen LogP contribution in [0.4, 0.5) is 4.39 Å². The summed E-state index contributed by atoms with van der Waals surface area (Å²) in [6, 6.07) is 15.3. The fourth-order valence-corrected chi connectivity index (χ4v) is 1.97. The SMILES string of the molecule is CO[C@@H](CC(=O)c1ccccc1)c1ccccc1F. The Labute approximate surface area is 111 Å². The molecule has 0 amide bonds. The van der Waals surface area contributed by atoms with Crippen LogP contribution in [0, 0.1) is 5.82 Å². The predicted octanol–water partition coefficient (Wildman–Crippen LogP) is 3.79. The van der Waals surface area contributed by atoms with Crippen LogP contribution in [0.3, 0.4) is 0 Å². The van der Waals surface area contributed by atoms with Gasteiger partial charge in [0.05, 0.1) is 6.10 Å². The van der Waals surface area contributed by atoms with Crippen LogP contribution in [0.2, 0.25) is 0 Å². The number of methoxy groups -OCH3 is 1. The molecule has 0 spiro atoms. The van der Waals surface area contributed by atoms with Crippen molar-refractivity contribution in [2.24, 2.45) is 0 Å². The van der Waals surface area contributed by atoms with Crippen molar-refractivity contribution in [2.45, 2.75) is 12.5 Å². The van der Waals surface area contributed by atoms with Crippen molar-refractivity contribution >= 4 is 5.78 Å². The minimum Gasteiger partial charge on any atom is -0.376 e. The molecule has 2 rings (SSSR count). The molecule has 0 fully saturated rings. The lowest BCUT2D eigenvalue weighted by atomic mass is 10.00. The van der Waals surface area contributed by atoms with E-state index >= 15 is 0 Å². The summed E-state index contributed by atoms with van der Waals surface area (Å²) in [5, 5.41) is 0. The molecular weight excluding hydrogens is 243 g/mol. The molecule has 2 aromatic carbocycles. The van der Waals surface area contributed by atoms with Gasteiger partial charge in [0.15, 0.2) is 5.78 Å². The Morgan fingerprint density at radius 3 is 2.37 bits per heavy atom. The molecule has 0 aliphatic heterocycles. The van der Waals surface area contributed by atoms with Gasteiger partial charge in [0.2, 0.25) is 0 Å². The van der Waals surface area contributed by atoms with E-state index in [0.29, 0.717) is 11.1 Å². The van der Waals surface area contributed by atoms with Crippen molar-refractivity contribution in [2.75, 3.05) is 7.11 Å². The lowest BCUT2D eigenvalue weighted by molar-refractivity contribution is 0.0717. The average molecular weight is 258 g/mol. The Kier molecular flexibility index (Phi) is 4.42. The van der Waals surface area contributed by atoms with Crippen molar-refractivity contribution in [3.05, 3.63) is 71.5 Å². The highest BCUT2D eigenvalue weighted by molar-refractivity contribution is 5.96. The number of benzene rings is 2. The zero-order chi connectivity index (χ0) is 13.7.